The fraction of sp³-hybridized carbons (Fsp3) is 0.727. The van der Waals surface area contributed by atoms with Gasteiger partial charge >= 0.3 is 0 Å². The molecule has 0 aliphatic heterocycles. The molecule has 86 valence electrons. The maximum absolute atomic E-state index is 4.12. The molecule has 0 unspecified atom stereocenters. The van der Waals surface area contributed by atoms with Crippen LogP contribution in [0.5, 0.6) is 0 Å². The van der Waals surface area contributed by atoms with Crippen LogP contribution >= 0.6 is 23.5 Å². The van der Waals surface area contributed by atoms with Crippen molar-refractivity contribution in [2.24, 2.45) is 0 Å². The zero-order valence-electron chi connectivity index (χ0n) is 10.3. The van der Waals surface area contributed by atoms with Gasteiger partial charge in [0.05, 0.1) is 11.1 Å². The molecule has 0 bridgehead atoms. The Kier molecular flexibility index (Phi) is 3.82. The quantitative estimate of drug-likeness (QED) is 0.791. The van der Waals surface area contributed by atoms with Crippen LogP contribution in [0, 0.1) is 0 Å². The van der Waals surface area contributed by atoms with Crippen molar-refractivity contribution in [2.45, 2.75) is 61.0 Å². The molecule has 0 spiro atoms. The Bertz CT molecular complexity index is 288. The summed E-state index contributed by atoms with van der Waals surface area (Å²) in [5.74, 6) is 0. The summed E-state index contributed by atoms with van der Waals surface area (Å²) >= 11 is 3.70. The highest BCUT2D eigenvalue weighted by Crippen LogP contribution is 2.40. The monoisotopic (exact) mass is 244 g/mol. The lowest BCUT2D eigenvalue weighted by molar-refractivity contribution is 0.790. The van der Waals surface area contributed by atoms with Crippen molar-refractivity contribution in [3.63, 3.8) is 0 Å². The van der Waals surface area contributed by atoms with Gasteiger partial charge in [-0.2, -0.15) is 5.10 Å². The van der Waals surface area contributed by atoms with Crippen molar-refractivity contribution < 1.29 is 0 Å². The number of thioether (sulfide) groups is 2. The van der Waals surface area contributed by atoms with Crippen molar-refractivity contribution in [2.75, 3.05) is 0 Å². The Morgan fingerprint density at radius 3 is 2.00 bits per heavy atom. The van der Waals surface area contributed by atoms with Crippen molar-refractivity contribution in [3.05, 3.63) is 6.20 Å². The van der Waals surface area contributed by atoms with Crippen LogP contribution in [0.4, 0.5) is 0 Å². The first-order chi connectivity index (χ1) is 6.67. The predicted molar refractivity (Wildman–Crippen MR) is 69.8 cm³/mol. The van der Waals surface area contributed by atoms with Crippen LogP contribution in [0.1, 0.15) is 41.5 Å². The smallest absolute Gasteiger partial charge is 0.105 e. The van der Waals surface area contributed by atoms with E-state index in [1.165, 1.54) is 9.92 Å². The van der Waals surface area contributed by atoms with Gasteiger partial charge in [0, 0.05) is 9.49 Å². The van der Waals surface area contributed by atoms with Gasteiger partial charge in [0.2, 0.25) is 0 Å². The molecule has 1 aromatic rings. The first-order valence-electron chi connectivity index (χ1n) is 5.09. The molecule has 0 saturated heterocycles. The van der Waals surface area contributed by atoms with Gasteiger partial charge in [0.15, 0.2) is 0 Å². The van der Waals surface area contributed by atoms with Gasteiger partial charge in [-0.1, -0.05) is 53.3 Å². The van der Waals surface area contributed by atoms with E-state index >= 15 is 0 Å². The van der Waals surface area contributed by atoms with Gasteiger partial charge < -0.3 is 0 Å². The molecule has 0 aliphatic rings. The van der Waals surface area contributed by atoms with Gasteiger partial charge in [0.1, 0.15) is 5.03 Å². The summed E-state index contributed by atoms with van der Waals surface area (Å²) in [7, 11) is 0. The van der Waals surface area contributed by atoms with E-state index in [2.05, 4.69) is 51.7 Å². The van der Waals surface area contributed by atoms with Crippen LogP contribution in [-0.4, -0.2) is 19.7 Å². The number of aromatic amines is 1. The lowest BCUT2D eigenvalue weighted by Crippen LogP contribution is -2.09. The summed E-state index contributed by atoms with van der Waals surface area (Å²) in [6, 6.07) is 0. The number of hydrogen-bond donors (Lipinski definition) is 1. The van der Waals surface area contributed by atoms with E-state index in [1.807, 2.05) is 29.7 Å². The van der Waals surface area contributed by atoms with E-state index in [1.54, 1.807) is 0 Å². The van der Waals surface area contributed by atoms with Crippen molar-refractivity contribution in [1.82, 2.24) is 10.2 Å². The Hall–Kier alpha value is -0.0900. The fourth-order valence-corrected chi connectivity index (χ4v) is 3.06. The molecular formula is C11H20N2S2. The van der Waals surface area contributed by atoms with Crippen molar-refractivity contribution in [3.8, 4) is 0 Å². The summed E-state index contributed by atoms with van der Waals surface area (Å²) in [5, 5.41) is 8.38. The third-order valence-electron chi connectivity index (χ3n) is 1.40. The predicted octanol–water partition coefficient (Wildman–Crippen LogP) is 4.19. The highest BCUT2D eigenvalue weighted by Gasteiger charge is 2.20. The number of H-pyrrole nitrogens is 1. The average Bonchev–Trinajstić information content (AvgIpc) is 2.29. The Morgan fingerprint density at radius 2 is 1.53 bits per heavy atom. The van der Waals surface area contributed by atoms with Crippen LogP contribution in [0.25, 0.3) is 0 Å². The van der Waals surface area contributed by atoms with E-state index in [0.29, 0.717) is 0 Å². The van der Waals surface area contributed by atoms with Gasteiger partial charge in [0.25, 0.3) is 0 Å². The molecule has 0 fully saturated rings. The second-order valence-electron chi connectivity index (χ2n) is 5.49. The van der Waals surface area contributed by atoms with E-state index in [4.69, 9.17) is 0 Å². The molecule has 1 N–H and O–H groups in total. The summed E-state index contributed by atoms with van der Waals surface area (Å²) < 4.78 is 0.455. The number of nitrogens with zero attached hydrogens (tertiary/aromatic N) is 1. The molecule has 15 heavy (non-hydrogen) atoms. The third-order valence-corrected chi connectivity index (χ3v) is 3.79. The van der Waals surface area contributed by atoms with Crippen molar-refractivity contribution in [1.29, 1.82) is 0 Å². The standard InChI is InChI=1S/C11H20N2S2/c1-10(2,3)14-8-7-12-13-9(8)15-11(4,5)6/h7H,1-6H3,(H,12,13). The number of rotatable bonds is 2. The van der Waals surface area contributed by atoms with Crippen LogP contribution in [0.2, 0.25) is 0 Å². The Balaban J connectivity index is 2.79. The number of hydrogen-bond acceptors (Lipinski definition) is 3. The second kappa shape index (κ2) is 4.42. The van der Waals surface area contributed by atoms with Crippen LogP contribution in [0.15, 0.2) is 16.1 Å². The minimum atomic E-state index is 0.222. The molecular weight excluding hydrogens is 224 g/mol. The minimum absolute atomic E-state index is 0.222. The molecule has 0 radical (unpaired) electrons. The molecule has 4 heteroatoms. The van der Waals surface area contributed by atoms with Gasteiger partial charge in [-0.15, -0.1) is 11.8 Å². The first-order valence-corrected chi connectivity index (χ1v) is 6.72. The molecule has 0 atom stereocenters. The van der Waals surface area contributed by atoms with Crippen molar-refractivity contribution >= 4 is 23.5 Å². The van der Waals surface area contributed by atoms with E-state index < -0.39 is 0 Å². The fourth-order valence-electron chi connectivity index (χ4n) is 1.05. The summed E-state index contributed by atoms with van der Waals surface area (Å²) in [6.07, 6.45) is 1.92. The topological polar surface area (TPSA) is 28.7 Å². The van der Waals surface area contributed by atoms with Gasteiger partial charge in [-0.25, -0.2) is 0 Å². The lowest BCUT2D eigenvalue weighted by atomic mass is 10.3. The first kappa shape index (κ1) is 13.0. The zero-order valence-corrected chi connectivity index (χ0v) is 12.0. The lowest BCUT2D eigenvalue weighted by Gasteiger charge is -2.20. The van der Waals surface area contributed by atoms with E-state index in [-0.39, 0.29) is 9.49 Å². The van der Waals surface area contributed by atoms with Crippen LogP contribution < -0.4 is 0 Å². The summed E-state index contributed by atoms with van der Waals surface area (Å²) in [5.41, 5.74) is 0. The molecule has 0 amide bonds. The maximum atomic E-state index is 4.12. The van der Waals surface area contributed by atoms with Crippen LogP contribution in [-0.2, 0) is 0 Å². The highest BCUT2D eigenvalue weighted by molar-refractivity contribution is 8.03. The normalized spacial score (nSPS) is 13.2. The zero-order chi connectivity index (χ0) is 11.7. The largest absolute Gasteiger partial charge is 0.271 e. The SMILES string of the molecule is CC(C)(C)Sc1cn[nH]c1SC(C)(C)C. The second-order valence-corrected chi connectivity index (χ2v) is 9.20. The maximum Gasteiger partial charge on any atom is 0.105 e. The average molecular weight is 244 g/mol. The van der Waals surface area contributed by atoms with Gasteiger partial charge in [-0.05, 0) is 0 Å². The highest BCUT2D eigenvalue weighted by atomic mass is 32.2. The molecule has 1 heterocycles. The van der Waals surface area contributed by atoms with Gasteiger partial charge in [-0.3, -0.25) is 5.10 Å². The molecule has 0 saturated carbocycles. The molecule has 0 aromatic carbocycles. The number of nitrogens with one attached hydrogen (secondary N) is 1. The minimum Gasteiger partial charge on any atom is -0.271 e. The Labute approximate surface area is 101 Å². The number of aromatic nitrogens is 2. The molecule has 2 nitrogen and oxygen atoms in total. The van der Waals surface area contributed by atoms with Crippen LogP contribution in [0.3, 0.4) is 0 Å². The summed E-state index contributed by atoms with van der Waals surface area (Å²) in [4.78, 5) is 1.25. The molecule has 1 rings (SSSR count). The molecule has 1 aromatic heterocycles. The van der Waals surface area contributed by atoms with E-state index in [0.717, 1.165) is 0 Å². The Morgan fingerprint density at radius 1 is 1.00 bits per heavy atom. The summed E-state index contributed by atoms with van der Waals surface area (Å²) in [6.45, 7) is 13.3. The molecule has 0 aliphatic carbocycles. The van der Waals surface area contributed by atoms with E-state index in [9.17, 15) is 0 Å². The third kappa shape index (κ3) is 4.98.